The highest BCUT2D eigenvalue weighted by Gasteiger charge is 2.32. The maximum absolute atomic E-state index is 12.8. The number of aromatic nitrogens is 2. The second kappa shape index (κ2) is 13.4. The molecule has 0 saturated carbocycles. The monoisotopic (exact) mass is 588 g/mol. The van der Waals surface area contributed by atoms with Gasteiger partial charge in [-0.1, -0.05) is 60.1 Å². The Hall–Kier alpha value is -2.63. The molecule has 0 amide bonds. The van der Waals surface area contributed by atoms with E-state index in [1.165, 1.54) is 31.4 Å². The molecule has 2 unspecified atom stereocenters. The molecule has 2 atom stereocenters. The molecule has 12 heteroatoms. The number of nitrogens with one attached hydrogen (secondary N) is 1. The van der Waals surface area contributed by atoms with Gasteiger partial charge in [-0.25, -0.2) is 4.98 Å². The zero-order chi connectivity index (χ0) is 27.9. The van der Waals surface area contributed by atoms with E-state index in [2.05, 4.69) is 21.3 Å². The number of para-hydroxylation sites is 1. The number of rotatable bonds is 12. The molecule has 0 radical (unpaired) electrons. The lowest BCUT2D eigenvalue weighted by Crippen LogP contribution is -2.18. The number of hydrogen-bond donors (Lipinski definition) is 2. The van der Waals surface area contributed by atoms with Gasteiger partial charge in [-0.3, -0.25) is 4.21 Å². The van der Waals surface area contributed by atoms with Gasteiger partial charge in [0, 0.05) is 23.5 Å². The van der Waals surface area contributed by atoms with Gasteiger partial charge in [0.2, 0.25) is 0 Å². The SMILES string of the molecule is C=C(Cl)c1nc(C(CO)c2ccc(S(=O)CCOC)cc2)[nH]c1/C=C(/Cl)Cc1ccccc1OC(F)(F)F. The summed E-state index contributed by atoms with van der Waals surface area (Å²) in [6.07, 6.45) is -3.41. The van der Waals surface area contributed by atoms with E-state index in [0.717, 1.165) is 0 Å². The molecule has 0 aliphatic heterocycles. The molecule has 204 valence electrons. The Kier molecular flexibility index (Phi) is 10.6. The number of aliphatic hydroxyl groups is 1. The first-order valence-electron chi connectivity index (χ1n) is 11.2. The quantitative estimate of drug-likeness (QED) is 0.262. The normalized spacial score (nSPS) is 13.8. The van der Waals surface area contributed by atoms with Crippen LogP contribution in [0.4, 0.5) is 13.2 Å². The van der Waals surface area contributed by atoms with Crippen molar-refractivity contribution in [3.05, 3.63) is 88.5 Å². The van der Waals surface area contributed by atoms with Gasteiger partial charge in [0.05, 0.1) is 46.4 Å². The topological polar surface area (TPSA) is 84.4 Å². The van der Waals surface area contributed by atoms with Crippen molar-refractivity contribution < 1.29 is 32.0 Å². The lowest BCUT2D eigenvalue weighted by Gasteiger charge is -2.13. The van der Waals surface area contributed by atoms with Gasteiger partial charge < -0.3 is 19.6 Å². The molecule has 0 saturated heterocycles. The molecule has 3 rings (SSSR count). The average Bonchev–Trinajstić information content (AvgIpc) is 3.27. The van der Waals surface area contributed by atoms with Crippen molar-refractivity contribution in [2.75, 3.05) is 26.1 Å². The number of ether oxygens (including phenoxy) is 2. The van der Waals surface area contributed by atoms with E-state index < -0.39 is 23.1 Å². The highest BCUT2D eigenvalue weighted by molar-refractivity contribution is 7.85. The molecule has 0 bridgehead atoms. The first-order chi connectivity index (χ1) is 18.0. The number of nitrogens with zero attached hydrogens (tertiary/aromatic N) is 1. The van der Waals surface area contributed by atoms with Gasteiger partial charge in [0.25, 0.3) is 0 Å². The fraction of sp³-hybridized carbons (Fsp3) is 0.269. The van der Waals surface area contributed by atoms with Crippen molar-refractivity contribution in [3.63, 3.8) is 0 Å². The second-order valence-corrected chi connectivity index (χ2v) is 10.6. The Morgan fingerprint density at radius 2 is 1.89 bits per heavy atom. The maximum Gasteiger partial charge on any atom is 0.573 e. The summed E-state index contributed by atoms with van der Waals surface area (Å²) in [4.78, 5) is 8.19. The van der Waals surface area contributed by atoms with Crippen LogP contribution in [0, 0.1) is 0 Å². The van der Waals surface area contributed by atoms with Crippen LogP contribution in [0.25, 0.3) is 11.1 Å². The predicted molar refractivity (Wildman–Crippen MR) is 143 cm³/mol. The number of alkyl halides is 3. The highest BCUT2D eigenvalue weighted by Crippen LogP contribution is 2.31. The van der Waals surface area contributed by atoms with E-state index in [1.54, 1.807) is 30.3 Å². The predicted octanol–water partition coefficient (Wildman–Crippen LogP) is 6.22. The van der Waals surface area contributed by atoms with Crippen molar-refractivity contribution >= 4 is 45.1 Å². The van der Waals surface area contributed by atoms with Gasteiger partial charge >= 0.3 is 6.36 Å². The average molecular weight is 589 g/mol. The highest BCUT2D eigenvalue weighted by atomic mass is 35.5. The molecule has 2 aromatic carbocycles. The van der Waals surface area contributed by atoms with Crippen molar-refractivity contribution in [2.24, 2.45) is 0 Å². The zero-order valence-electron chi connectivity index (χ0n) is 20.2. The van der Waals surface area contributed by atoms with Gasteiger partial charge in [-0.15, -0.1) is 13.2 Å². The van der Waals surface area contributed by atoms with Gasteiger partial charge in [0.1, 0.15) is 17.3 Å². The zero-order valence-corrected chi connectivity index (χ0v) is 22.6. The summed E-state index contributed by atoms with van der Waals surface area (Å²) in [7, 11) is 0.317. The minimum atomic E-state index is -4.84. The van der Waals surface area contributed by atoms with Crippen LogP contribution in [0.2, 0.25) is 0 Å². The van der Waals surface area contributed by atoms with Crippen molar-refractivity contribution in [3.8, 4) is 5.75 Å². The van der Waals surface area contributed by atoms with Crippen LogP contribution in [0.5, 0.6) is 5.75 Å². The Morgan fingerprint density at radius 1 is 1.21 bits per heavy atom. The molecular formula is C26H25Cl2F3N2O4S. The van der Waals surface area contributed by atoms with Gasteiger partial charge in [0.15, 0.2) is 0 Å². The van der Waals surface area contributed by atoms with Crippen LogP contribution in [0.15, 0.2) is 65.0 Å². The number of allylic oxidation sites excluding steroid dienone is 1. The number of halogens is 5. The molecular weight excluding hydrogens is 564 g/mol. The number of hydrogen-bond acceptors (Lipinski definition) is 5. The van der Waals surface area contributed by atoms with Crippen molar-refractivity contribution in [1.82, 2.24) is 9.97 Å². The number of aliphatic hydroxyl groups excluding tert-OH is 1. The minimum Gasteiger partial charge on any atom is -0.405 e. The largest absolute Gasteiger partial charge is 0.573 e. The summed E-state index contributed by atoms with van der Waals surface area (Å²) in [6.45, 7) is 3.78. The number of aromatic amines is 1. The summed E-state index contributed by atoms with van der Waals surface area (Å²) in [5, 5.41) is 10.4. The number of H-pyrrole nitrogens is 1. The fourth-order valence-electron chi connectivity index (χ4n) is 3.62. The molecule has 2 N–H and O–H groups in total. The smallest absolute Gasteiger partial charge is 0.405 e. The van der Waals surface area contributed by atoms with E-state index in [0.29, 0.717) is 34.3 Å². The third kappa shape index (κ3) is 8.18. The Balaban J connectivity index is 1.88. The summed E-state index contributed by atoms with van der Waals surface area (Å²) in [5.41, 5.74) is 1.58. The second-order valence-electron chi connectivity index (χ2n) is 8.06. The van der Waals surface area contributed by atoms with Crippen LogP contribution >= 0.6 is 23.2 Å². The van der Waals surface area contributed by atoms with E-state index in [-0.39, 0.29) is 40.1 Å². The maximum atomic E-state index is 12.8. The van der Waals surface area contributed by atoms with Gasteiger partial charge in [-0.05, 0) is 35.4 Å². The standard InChI is InChI=1S/C26H25Cl2F3N2O4S/c1-16(27)24-22(14-19(28)13-18-5-3-4-6-23(18)37-26(29,30)31)32-25(33-24)21(15-34)17-7-9-20(10-8-17)38(35)12-11-36-2/h3-10,14,21,34H,1,11-13,15H2,2H3,(H,32,33)/b19-14+. The molecule has 0 spiro atoms. The Labute approximate surface area is 230 Å². The lowest BCUT2D eigenvalue weighted by atomic mass is 9.99. The third-order valence-electron chi connectivity index (χ3n) is 5.40. The van der Waals surface area contributed by atoms with Crippen LogP contribution in [0.1, 0.15) is 34.3 Å². The molecule has 1 heterocycles. The Bertz CT molecular complexity index is 1310. The van der Waals surface area contributed by atoms with Crippen LogP contribution < -0.4 is 4.74 Å². The van der Waals surface area contributed by atoms with E-state index in [4.69, 9.17) is 27.9 Å². The third-order valence-corrected chi connectivity index (χ3v) is 7.15. The molecule has 3 aromatic rings. The molecule has 0 fully saturated rings. The molecule has 0 aliphatic carbocycles. The fourth-order valence-corrected chi connectivity index (χ4v) is 5.01. The molecule has 1 aromatic heterocycles. The van der Waals surface area contributed by atoms with Crippen molar-refractivity contribution in [2.45, 2.75) is 23.6 Å². The van der Waals surface area contributed by atoms with Crippen LogP contribution in [0.3, 0.4) is 0 Å². The van der Waals surface area contributed by atoms with E-state index in [9.17, 15) is 22.5 Å². The Morgan fingerprint density at radius 3 is 2.50 bits per heavy atom. The number of imidazole rings is 1. The molecule has 0 aliphatic rings. The van der Waals surface area contributed by atoms with Crippen LogP contribution in [-0.4, -0.2) is 51.7 Å². The van der Waals surface area contributed by atoms with E-state index in [1.807, 2.05) is 0 Å². The number of methoxy groups -OCH3 is 1. The first kappa shape index (κ1) is 29.9. The first-order valence-corrected chi connectivity index (χ1v) is 13.3. The summed E-state index contributed by atoms with van der Waals surface area (Å²) in [6, 6.07) is 12.6. The van der Waals surface area contributed by atoms with E-state index >= 15 is 0 Å². The summed E-state index contributed by atoms with van der Waals surface area (Å²) >= 11 is 12.6. The van der Waals surface area contributed by atoms with Gasteiger partial charge in [-0.2, -0.15) is 0 Å². The van der Waals surface area contributed by atoms with Crippen LogP contribution in [-0.2, 0) is 22.0 Å². The summed E-state index contributed by atoms with van der Waals surface area (Å²) < 4.78 is 59.7. The summed E-state index contributed by atoms with van der Waals surface area (Å²) in [5.74, 6) is -0.199. The lowest BCUT2D eigenvalue weighted by molar-refractivity contribution is -0.274. The number of benzene rings is 2. The molecule has 6 nitrogen and oxygen atoms in total. The minimum absolute atomic E-state index is 0.0541. The van der Waals surface area contributed by atoms with Crippen molar-refractivity contribution in [1.29, 1.82) is 0 Å². The molecule has 38 heavy (non-hydrogen) atoms.